The van der Waals surface area contributed by atoms with Gasteiger partial charge in [0.15, 0.2) is 0 Å². The molecule has 0 saturated carbocycles. The first-order valence-electron chi connectivity index (χ1n) is 5.62. The van der Waals surface area contributed by atoms with E-state index >= 15 is 0 Å². The molecule has 0 heterocycles. The Kier molecular flexibility index (Phi) is 6.55. The minimum absolute atomic E-state index is 0.453. The third-order valence-corrected chi connectivity index (χ3v) is 16.0. The van der Waals surface area contributed by atoms with Crippen LogP contribution < -0.4 is 0 Å². The van der Waals surface area contributed by atoms with Crippen molar-refractivity contribution in [3.8, 4) is 0 Å². The molecule has 0 fully saturated rings. The summed E-state index contributed by atoms with van der Waals surface area (Å²) in [6.45, 7) is 0. The van der Waals surface area contributed by atoms with Crippen molar-refractivity contribution >= 4 is 46.6 Å². The molecule has 0 aliphatic heterocycles. The van der Waals surface area contributed by atoms with E-state index in [1.807, 2.05) is 0 Å². The summed E-state index contributed by atoms with van der Waals surface area (Å²) in [5.74, 6) is 0.906. The fourth-order valence-corrected chi connectivity index (χ4v) is 18.9. The third-order valence-electron chi connectivity index (χ3n) is 2.33. The summed E-state index contributed by atoms with van der Waals surface area (Å²) in [7, 11) is -2.74. The van der Waals surface area contributed by atoms with E-state index in [0.29, 0.717) is 11.5 Å². The van der Waals surface area contributed by atoms with E-state index in [1.54, 1.807) is 0 Å². The van der Waals surface area contributed by atoms with Crippen molar-refractivity contribution < 1.29 is 8.42 Å². The zero-order valence-electron chi connectivity index (χ0n) is 11.1. The number of rotatable bonds is 6. The van der Waals surface area contributed by atoms with E-state index in [9.17, 15) is 8.42 Å². The normalized spacial score (nSPS) is 14.3. The van der Waals surface area contributed by atoms with Crippen molar-refractivity contribution in [2.45, 2.75) is 38.5 Å². The van der Waals surface area contributed by atoms with Gasteiger partial charge in [-0.15, -0.1) is 0 Å². The molecule has 0 bridgehead atoms. The van der Waals surface area contributed by atoms with Gasteiger partial charge in [0, 0.05) is 0 Å². The Balaban J connectivity index is 4.11. The molecule has 0 aromatic heterocycles. The van der Waals surface area contributed by atoms with Crippen molar-refractivity contribution in [1.82, 2.24) is 0 Å². The van der Waals surface area contributed by atoms with Crippen molar-refractivity contribution in [2.75, 3.05) is 11.5 Å². The van der Waals surface area contributed by atoms with Crippen LogP contribution in [0.4, 0.5) is 0 Å². The summed E-state index contributed by atoms with van der Waals surface area (Å²) in [5.41, 5.74) is 0. The molecule has 0 rings (SSSR count). The molecule has 0 spiro atoms. The maximum atomic E-state index is 11.8. The molecule has 5 heteroatoms. The average Bonchev–Trinajstić information content (AvgIpc) is 1.96. The Bertz CT molecular complexity index is 260. The average molecular weight is 448 g/mol. The van der Waals surface area contributed by atoms with E-state index < -0.39 is 46.6 Å². The minimum atomic E-state index is -2.74. The van der Waals surface area contributed by atoms with Crippen LogP contribution in [0, 0.1) is 0 Å². The molecule has 0 radical (unpaired) electrons. The third kappa shape index (κ3) is 11.8. The predicted octanol–water partition coefficient (Wildman–Crippen LogP) is 3.08. The van der Waals surface area contributed by atoms with Gasteiger partial charge < -0.3 is 0 Å². The molecule has 92 valence electrons. The van der Waals surface area contributed by atoms with E-state index in [2.05, 4.69) is 29.6 Å². The van der Waals surface area contributed by atoms with Gasteiger partial charge in [0.1, 0.15) is 0 Å². The summed E-state index contributed by atoms with van der Waals surface area (Å²) >= 11 is -3.77. The van der Waals surface area contributed by atoms with Crippen molar-refractivity contribution in [1.29, 1.82) is 0 Å². The van der Waals surface area contributed by atoms with Crippen LogP contribution in [0.1, 0.15) is 0 Å². The first kappa shape index (κ1) is 16.5. The van der Waals surface area contributed by atoms with Crippen LogP contribution in [0.5, 0.6) is 0 Å². The van der Waals surface area contributed by atoms with Crippen molar-refractivity contribution in [3.63, 3.8) is 0 Å². The van der Waals surface area contributed by atoms with Gasteiger partial charge in [-0.05, 0) is 0 Å². The van der Waals surface area contributed by atoms with E-state index in [4.69, 9.17) is 0 Å². The second-order valence-corrected chi connectivity index (χ2v) is 41.2. The quantitative estimate of drug-likeness (QED) is 0.587. The summed E-state index contributed by atoms with van der Waals surface area (Å²) in [4.78, 5) is 13.8. The van der Waals surface area contributed by atoms with Gasteiger partial charge in [0.05, 0.1) is 0 Å². The van der Waals surface area contributed by atoms with Crippen molar-refractivity contribution in [2.24, 2.45) is 0 Å². The van der Waals surface area contributed by atoms with Crippen LogP contribution in [-0.4, -0.2) is 56.7 Å². The van der Waals surface area contributed by atoms with E-state index in [1.165, 1.54) is 0 Å². The molecule has 0 unspecified atom stereocenters. The van der Waals surface area contributed by atoms with Crippen LogP contribution in [0.2, 0.25) is 38.5 Å². The van der Waals surface area contributed by atoms with Gasteiger partial charge in [-0.3, -0.25) is 0 Å². The predicted molar refractivity (Wildman–Crippen MR) is 75.0 cm³/mol. The molecule has 2 nitrogen and oxygen atoms in total. The summed E-state index contributed by atoms with van der Waals surface area (Å²) in [6, 6.07) is 0. The van der Waals surface area contributed by atoms with E-state index in [-0.39, 0.29) is 0 Å². The van der Waals surface area contributed by atoms with Gasteiger partial charge in [-0.25, -0.2) is 0 Å². The summed E-state index contributed by atoms with van der Waals surface area (Å²) < 4.78 is 25.5. The number of sulfone groups is 1. The van der Waals surface area contributed by atoms with Gasteiger partial charge in [0.2, 0.25) is 0 Å². The molecule has 0 saturated heterocycles. The summed E-state index contributed by atoms with van der Waals surface area (Å²) in [6.07, 6.45) is 0. The van der Waals surface area contributed by atoms with Crippen LogP contribution >= 0.6 is 0 Å². The van der Waals surface area contributed by atoms with Gasteiger partial charge >= 0.3 is 105 Å². The molecule has 0 N–H and O–H groups in total. The number of hydrogen-bond acceptors (Lipinski definition) is 2. The molecule has 0 aromatic carbocycles. The SMILES string of the molecule is [CH3][Sn]([CH3])([CH3])[CH2]CS(=O)(=O)C[CH2][Sn]([CH3])([CH3])[CH3]. The standard InChI is InChI=1S/C4H8O2S.6CH3.2Sn/c1-3-7(5,6)4-2;;;;;;;;/h1-4H2;6*1H3;;. The molecule has 0 amide bonds. The molecule has 15 heavy (non-hydrogen) atoms. The first-order chi connectivity index (χ1) is 6.41. The van der Waals surface area contributed by atoms with Crippen molar-refractivity contribution in [3.05, 3.63) is 0 Å². The Morgan fingerprint density at radius 2 is 1.00 bits per heavy atom. The molecule has 0 aliphatic rings. The maximum absolute atomic E-state index is 11.8. The second kappa shape index (κ2) is 5.93. The molecular formula is C10H26O2SSn2. The fraction of sp³-hybridized carbons (Fsp3) is 1.00. The Hall–Kier alpha value is 1.55. The summed E-state index contributed by atoms with van der Waals surface area (Å²) in [5, 5.41) is 0. The van der Waals surface area contributed by atoms with Crippen LogP contribution in [0.25, 0.3) is 0 Å². The van der Waals surface area contributed by atoms with Gasteiger partial charge in [-0.1, -0.05) is 0 Å². The first-order valence-corrected chi connectivity index (χ1v) is 28.6. The fourth-order valence-electron chi connectivity index (χ4n) is 1.03. The topological polar surface area (TPSA) is 34.1 Å². The zero-order valence-corrected chi connectivity index (χ0v) is 17.6. The van der Waals surface area contributed by atoms with Crippen LogP contribution in [-0.2, 0) is 9.84 Å². The van der Waals surface area contributed by atoms with Gasteiger partial charge in [-0.2, -0.15) is 0 Å². The second-order valence-electron chi connectivity index (χ2n) is 6.77. The molecule has 0 atom stereocenters. The molecule has 0 aromatic rings. The van der Waals surface area contributed by atoms with Crippen LogP contribution in [0.3, 0.4) is 0 Å². The Morgan fingerprint density at radius 1 is 0.733 bits per heavy atom. The Labute approximate surface area is 104 Å². The molecule has 0 aliphatic carbocycles. The van der Waals surface area contributed by atoms with E-state index in [0.717, 1.165) is 8.87 Å². The molecular weight excluding hydrogens is 422 g/mol. The van der Waals surface area contributed by atoms with Crippen LogP contribution in [0.15, 0.2) is 0 Å². The monoisotopic (exact) mass is 450 g/mol. The zero-order chi connectivity index (χ0) is 12.3. The van der Waals surface area contributed by atoms with Gasteiger partial charge in [0.25, 0.3) is 0 Å². The number of hydrogen-bond donors (Lipinski definition) is 0. The Morgan fingerprint density at radius 3 is 1.20 bits per heavy atom.